The van der Waals surface area contributed by atoms with Crippen molar-refractivity contribution in [1.82, 2.24) is 10.6 Å². The maximum absolute atomic E-state index is 12.7. The van der Waals surface area contributed by atoms with E-state index in [1.54, 1.807) is 37.6 Å². The molecule has 7 heteroatoms. The van der Waals surface area contributed by atoms with Gasteiger partial charge in [-0.3, -0.25) is 13.8 Å². The second-order valence-corrected chi connectivity index (χ2v) is 8.49. The lowest BCUT2D eigenvalue weighted by molar-refractivity contribution is -0.124. The van der Waals surface area contributed by atoms with Crippen LogP contribution in [0.15, 0.2) is 45.7 Å². The van der Waals surface area contributed by atoms with E-state index in [-0.39, 0.29) is 17.6 Å². The number of benzene rings is 1. The lowest BCUT2D eigenvalue weighted by Gasteiger charge is -2.29. The third kappa shape index (κ3) is 4.70. The highest BCUT2D eigenvalue weighted by molar-refractivity contribution is 7.84. The number of carbonyl (C=O) groups is 2. The van der Waals surface area contributed by atoms with Crippen LogP contribution in [0.2, 0.25) is 0 Å². The fraction of sp³-hybridized carbons (Fsp3) is 0.429. The minimum Gasteiger partial charge on any atom is -0.451 e. The first-order valence-electron chi connectivity index (χ1n) is 9.55. The van der Waals surface area contributed by atoms with Crippen molar-refractivity contribution in [3.05, 3.63) is 42.2 Å². The summed E-state index contributed by atoms with van der Waals surface area (Å²) in [4.78, 5) is 25.7. The molecule has 1 fully saturated rings. The highest BCUT2D eigenvalue weighted by Crippen LogP contribution is 2.27. The third-order valence-electron chi connectivity index (χ3n) is 5.24. The van der Waals surface area contributed by atoms with Crippen molar-refractivity contribution < 1.29 is 18.2 Å². The van der Waals surface area contributed by atoms with Crippen molar-refractivity contribution in [3.8, 4) is 11.3 Å². The summed E-state index contributed by atoms with van der Waals surface area (Å²) in [6.45, 7) is 0. The number of likely N-dealkylation sites (N-methyl/N-ethyl adjacent to an activating group) is 1. The molecule has 0 saturated heterocycles. The third-order valence-corrected chi connectivity index (χ3v) is 6.17. The van der Waals surface area contributed by atoms with Crippen LogP contribution in [0.5, 0.6) is 0 Å². The van der Waals surface area contributed by atoms with Crippen LogP contribution in [0.1, 0.15) is 42.7 Å². The molecule has 0 bridgehead atoms. The number of hydrogen-bond acceptors (Lipinski definition) is 4. The van der Waals surface area contributed by atoms with E-state index in [1.165, 1.54) is 6.42 Å². The highest BCUT2D eigenvalue weighted by atomic mass is 32.2. The van der Waals surface area contributed by atoms with Gasteiger partial charge in [0, 0.05) is 34.6 Å². The smallest absolute Gasteiger partial charge is 0.287 e. The van der Waals surface area contributed by atoms with Crippen molar-refractivity contribution in [2.75, 3.05) is 13.3 Å². The van der Waals surface area contributed by atoms with E-state index in [4.69, 9.17) is 4.42 Å². The standard InChI is InChI=1S/C21H26N2O4S/c1-22-21(25)19(15-6-4-3-5-7-15)23-20(24)18-13-12-17(27-18)14-8-10-16(11-9-14)28(2)26/h8-13,15,19H,3-7H2,1-2H3,(H,22,25)(H,23,24). The molecule has 1 aliphatic rings. The van der Waals surface area contributed by atoms with Crippen molar-refractivity contribution in [3.63, 3.8) is 0 Å². The van der Waals surface area contributed by atoms with Gasteiger partial charge in [-0.25, -0.2) is 0 Å². The summed E-state index contributed by atoms with van der Waals surface area (Å²) in [6, 6.07) is 9.96. The zero-order valence-electron chi connectivity index (χ0n) is 16.2. The number of hydrogen-bond donors (Lipinski definition) is 2. The van der Waals surface area contributed by atoms with Crippen molar-refractivity contribution in [1.29, 1.82) is 0 Å². The van der Waals surface area contributed by atoms with Crippen molar-refractivity contribution in [2.24, 2.45) is 5.92 Å². The van der Waals surface area contributed by atoms with Crippen molar-refractivity contribution >= 4 is 22.6 Å². The van der Waals surface area contributed by atoms with Gasteiger partial charge in [-0.15, -0.1) is 0 Å². The van der Waals surface area contributed by atoms with E-state index in [9.17, 15) is 13.8 Å². The Balaban J connectivity index is 1.73. The summed E-state index contributed by atoms with van der Waals surface area (Å²) in [5.74, 6) is 0.303. The van der Waals surface area contributed by atoms with Gasteiger partial charge in [-0.2, -0.15) is 0 Å². The molecule has 2 N–H and O–H groups in total. The van der Waals surface area contributed by atoms with Gasteiger partial charge in [0.1, 0.15) is 11.8 Å². The number of amides is 2. The van der Waals surface area contributed by atoms with E-state index in [0.717, 1.165) is 36.1 Å². The molecule has 2 amide bonds. The summed E-state index contributed by atoms with van der Waals surface area (Å²) in [6.07, 6.45) is 6.84. The molecule has 6 nitrogen and oxygen atoms in total. The minimum absolute atomic E-state index is 0.148. The summed E-state index contributed by atoms with van der Waals surface area (Å²) >= 11 is 0. The lowest BCUT2D eigenvalue weighted by atomic mass is 9.83. The molecule has 0 radical (unpaired) electrons. The second kappa shape index (κ2) is 9.19. The topological polar surface area (TPSA) is 88.4 Å². The Bertz CT molecular complexity index is 854. The Hall–Kier alpha value is -2.41. The molecule has 150 valence electrons. The van der Waals surface area contributed by atoms with Crippen LogP contribution in [0.25, 0.3) is 11.3 Å². The monoisotopic (exact) mass is 402 g/mol. The molecule has 0 spiro atoms. The maximum atomic E-state index is 12.7. The SMILES string of the molecule is CNC(=O)C(NC(=O)c1ccc(-c2ccc(S(C)=O)cc2)o1)C1CCCCC1. The summed E-state index contributed by atoms with van der Waals surface area (Å²) in [5, 5.41) is 5.51. The van der Waals surface area contributed by atoms with Gasteiger partial charge in [0.05, 0.1) is 0 Å². The van der Waals surface area contributed by atoms with E-state index >= 15 is 0 Å². The quantitative estimate of drug-likeness (QED) is 0.777. The summed E-state index contributed by atoms with van der Waals surface area (Å²) in [7, 11) is 0.542. The molecule has 2 unspecified atom stereocenters. The minimum atomic E-state index is -1.04. The Morgan fingerprint density at radius 3 is 2.36 bits per heavy atom. The van der Waals surface area contributed by atoms with Crippen molar-refractivity contribution in [2.45, 2.75) is 43.0 Å². The molecule has 1 heterocycles. The average Bonchev–Trinajstić information content (AvgIpc) is 3.22. The Morgan fingerprint density at radius 1 is 1.07 bits per heavy atom. The zero-order chi connectivity index (χ0) is 20.1. The number of nitrogens with one attached hydrogen (secondary N) is 2. The highest BCUT2D eigenvalue weighted by Gasteiger charge is 2.31. The van der Waals surface area contributed by atoms with Gasteiger partial charge in [-0.05, 0) is 43.0 Å². The first kappa shape index (κ1) is 20.3. The predicted octanol–water partition coefficient (Wildman–Crippen LogP) is 3.11. The largest absolute Gasteiger partial charge is 0.451 e. The van der Waals surface area contributed by atoms with Crippen LogP contribution in [-0.2, 0) is 15.6 Å². The summed E-state index contributed by atoms with van der Waals surface area (Å²) in [5.41, 5.74) is 0.795. The van der Waals surface area contributed by atoms with E-state index in [1.807, 2.05) is 12.1 Å². The fourth-order valence-electron chi connectivity index (χ4n) is 3.66. The van der Waals surface area contributed by atoms with Gasteiger partial charge >= 0.3 is 0 Å². The first-order valence-corrected chi connectivity index (χ1v) is 11.1. The van der Waals surface area contributed by atoms with E-state index in [2.05, 4.69) is 10.6 Å². The number of carbonyl (C=O) groups excluding carboxylic acids is 2. The average molecular weight is 403 g/mol. The zero-order valence-corrected chi connectivity index (χ0v) is 17.0. The maximum Gasteiger partial charge on any atom is 0.287 e. The fourth-order valence-corrected chi connectivity index (χ4v) is 4.18. The molecule has 3 rings (SSSR count). The molecule has 28 heavy (non-hydrogen) atoms. The van der Waals surface area contributed by atoms with Crippen LogP contribution in [0, 0.1) is 5.92 Å². The Kier molecular flexibility index (Phi) is 6.67. The van der Waals surface area contributed by atoms with Gasteiger partial charge in [0.2, 0.25) is 5.91 Å². The molecule has 1 saturated carbocycles. The predicted molar refractivity (Wildman–Crippen MR) is 108 cm³/mol. The lowest BCUT2D eigenvalue weighted by Crippen LogP contribution is -2.50. The molecule has 1 aromatic carbocycles. The van der Waals surface area contributed by atoms with Crippen LogP contribution in [-0.4, -0.2) is 35.4 Å². The van der Waals surface area contributed by atoms with Gasteiger partial charge < -0.3 is 15.1 Å². The Morgan fingerprint density at radius 2 is 1.75 bits per heavy atom. The molecular weight excluding hydrogens is 376 g/mol. The van der Waals surface area contributed by atoms with Gasteiger partial charge in [-0.1, -0.05) is 31.4 Å². The van der Waals surface area contributed by atoms with E-state index < -0.39 is 22.7 Å². The summed E-state index contributed by atoms with van der Waals surface area (Å²) < 4.78 is 17.2. The Labute approximate surface area is 167 Å². The second-order valence-electron chi connectivity index (χ2n) is 7.11. The normalized spacial score (nSPS) is 16.9. The van der Waals surface area contributed by atoms with Crippen LogP contribution in [0.4, 0.5) is 0 Å². The van der Waals surface area contributed by atoms with Gasteiger partial charge in [0.25, 0.3) is 5.91 Å². The van der Waals surface area contributed by atoms with E-state index in [0.29, 0.717) is 5.76 Å². The molecular formula is C21H26N2O4S. The first-order chi connectivity index (χ1) is 13.5. The van der Waals surface area contributed by atoms with Crippen LogP contribution < -0.4 is 10.6 Å². The molecule has 1 aromatic heterocycles. The van der Waals surface area contributed by atoms with Gasteiger partial charge in [0.15, 0.2) is 5.76 Å². The molecule has 2 aromatic rings. The number of rotatable bonds is 6. The number of furan rings is 1. The molecule has 1 aliphatic carbocycles. The molecule has 2 atom stereocenters. The molecule has 0 aliphatic heterocycles. The van der Waals surface area contributed by atoms with Crippen LogP contribution in [0.3, 0.4) is 0 Å². The van der Waals surface area contributed by atoms with Crippen LogP contribution >= 0.6 is 0 Å².